The van der Waals surface area contributed by atoms with Crippen molar-refractivity contribution in [3.8, 4) is 11.5 Å². The van der Waals surface area contributed by atoms with E-state index in [0.29, 0.717) is 29.7 Å². The number of fused-ring (bicyclic) bond motifs is 3. The first-order valence-corrected chi connectivity index (χ1v) is 12.6. The van der Waals surface area contributed by atoms with E-state index >= 15 is 0 Å². The highest BCUT2D eigenvalue weighted by Gasteiger charge is 2.15. The molecule has 0 radical (unpaired) electrons. The van der Waals surface area contributed by atoms with Crippen LogP contribution in [0.5, 0.6) is 11.5 Å². The van der Waals surface area contributed by atoms with E-state index in [4.69, 9.17) is 14.5 Å². The second kappa shape index (κ2) is 9.28. The third-order valence-corrected chi connectivity index (χ3v) is 6.76. The summed E-state index contributed by atoms with van der Waals surface area (Å²) in [6.45, 7) is 2.99. The molecule has 2 aromatic heterocycles. The van der Waals surface area contributed by atoms with Crippen molar-refractivity contribution in [3.05, 3.63) is 98.6 Å². The van der Waals surface area contributed by atoms with Crippen molar-refractivity contribution in [2.45, 2.75) is 26.3 Å². The molecule has 0 amide bonds. The zero-order valence-corrected chi connectivity index (χ0v) is 21.2. The lowest BCUT2D eigenvalue weighted by molar-refractivity contribution is 0.174. The molecule has 0 aliphatic carbocycles. The van der Waals surface area contributed by atoms with Crippen LogP contribution in [0.3, 0.4) is 0 Å². The third kappa shape index (κ3) is 4.07. The molecule has 180 valence electrons. The highest BCUT2D eigenvalue weighted by Crippen LogP contribution is 2.33. The van der Waals surface area contributed by atoms with Crippen LogP contribution in [-0.2, 0) is 13.0 Å². The lowest BCUT2D eigenvalue weighted by atomic mass is 10.2. The molecule has 0 saturated carbocycles. The molecular weight excluding hydrogens is 520 g/mol. The summed E-state index contributed by atoms with van der Waals surface area (Å²) in [6.07, 6.45) is 5.34. The average molecular weight is 543 g/mol. The molecule has 0 saturated heterocycles. The summed E-state index contributed by atoms with van der Waals surface area (Å²) in [6, 6.07) is 19.7. The number of aromatic nitrogens is 3. The number of rotatable bonds is 6. The van der Waals surface area contributed by atoms with Gasteiger partial charge in [-0.1, -0.05) is 47.1 Å². The number of benzene rings is 3. The minimum atomic E-state index is -0.176. The molecule has 3 aromatic carbocycles. The van der Waals surface area contributed by atoms with Gasteiger partial charge in [0.25, 0.3) is 5.56 Å². The fourth-order valence-electron chi connectivity index (χ4n) is 4.56. The molecule has 7 nitrogen and oxygen atoms in total. The zero-order valence-electron chi connectivity index (χ0n) is 19.6. The Hall–Kier alpha value is -3.91. The molecule has 36 heavy (non-hydrogen) atoms. The van der Waals surface area contributed by atoms with E-state index in [0.717, 1.165) is 44.4 Å². The fraction of sp³-hybridized carbons (Fsp3) is 0.179. The largest absolute Gasteiger partial charge is 0.454 e. The van der Waals surface area contributed by atoms with E-state index in [-0.39, 0.29) is 12.4 Å². The summed E-state index contributed by atoms with van der Waals surface area (Å²) in [5.41, 5.74) is 3.62. The van der Waals surface area contributed by atoms with Gasteiger partial charge in [0.1, 0.15) is 5.82 Å². The van der Waals surface area contributed by atoms with Crippen LogP contribution in [0.15, 0.2) is 81.2 Å². The van der Waals surface area contributed by atoms with Crippen LogP contribution in [-0.4, -0.2) is 27.2 Å². The highest BCUT2D eigenvalue weighted by molar-refractivity contribution is 9.10. The molecular formula is C28H23BrN4O3. The van der Waals surface area contributed by atoms with Gasteiger partial charge in [0.15, 0.2) is 11.5 Å². The van der Waals surface area contributed by atoms with Gasteiger partial charge in [0.05, 0.1) is 17.1 Å². The quantitative estimate of drug-likeness (QED) is 0.257. The Morgan fingerprint density at radius 1 is 1.06 bits per heavy atom. The average Bonchev–Trinajstić information content (AvgIpc) is 3.49. The first-order valence-electron chi connectivity index (χ1n) is 11.8. The minimum Gasteiger partial charge on any atom is -0.454 e. The second-order valence-electron chi connectivity index (χ2n) is 8.72. The fourth-order valence-corrected chi connectivity index (χ4v) is 4.93. The van der Waals surface area contributed by atoms with Gasteiger partial charge >= 0.3 is 0 Å². The van der Waals surface area contributed by atoms with E-state index in [1.165, 1.54) is 4.68 Å². The summed E-state index contributed by atoms with van der Waals surface area (Å²) in [5, 5.41) is 6.24. The van der Waals surface area contributed by atoms with Gasteiger partial charge < -0.3 is 14.0 Å². The normalized spacial score (nSPS) is 12.8. The van der Waals surface area contributed by atoms with Crippen molar-refractivity contribution in [2.24, 2.45) is 5.10 Å². The predicted octanol–water partition coefficient (Wildman–Crippen LogP) is 5.73. The number of aryl methyl sites for hydroxylation is 1. The van der Waals surface area contributed by atoms with Crippen LogP contribution in [0.2, 0.25) is 0 Å². The topological polar surface area (TPSA) is 70.6 Å². The molecule has 5 aromatic rings. The van der Waals surface area contributed by atoms with Crippen molar-refractivity contribution < 1.29 is 9.47 Å². The summed E-state index contributed by atoms with van der Waals surface area (Å²) in [7, 11) is 0. The monoisotopic (exact) mass is 542 g/mol. The lowest BCUT2D eigenvalue weighted by Gasteiger charge is -2.08. The van der Waals surface area contributed by atoms with Crippen molar-refractivity contribution in [1.29, 1.82) is 0 Å². The van der Waals surface area contributed by atoms with Crippen molar-refractivity contribution in [1.82, 2.24) is 14.2 Å². The Morgan fingerprint density at radius 3 is 2.81 bits per heavy atom. The van der Waals surface area contributed by atoms with Gasteiger partial charge in [-0.3, -0.25) is 4.79 Å². The molecule has 0 spiro atoms. The van der Waals surface area contributed by atoms with Crippen molar-refractivity contribution in [3.63, 3.8) is 0 Å². The minimum absolute atomic E-state index is 0.176. The van der Waals surface area contributed by atoms with Crippen LogP contribution in [0.4, 0.5) is 0 Å². The molecule has 0 bridgehead atoms. The number of hydrogen-bond donors (Lipinski definition) is 0. The van der Waals surface area contributed by atoms with Gasteiger partial charge in [0, 0.05) is 40.1 Å². The van der Waals surface area contributed by atoms with Crippen molar-refractivity contribution in [2.75, 3.05) is 6.79 Å². The third-order valence-electron chi connectivity index (χ3n) is 6.27. The van der Waals surface area contributed by atoms with E-state index in [1.807, 2.05) is 42.5 Å². The highest BCUT2D eigenvalue weighted by atomic mass is 79.9. The SMILES string of the molecule is CCCc1nc2ccc(Br)cc2c(=O)n1N=Cc1cn(Cc2ccc3c(c2)OCO3)c2ccccc12. The van der Waals surface area contributed by atoms with E-state index < -0.39 is 0 Å². The van der Waals surface area contributed by atoms with Gasteiger partial charge in [-0.05, 0) is 48.4 Å². The number of nitrogens with zero attached hydrogens (tertiary/aromatic N) is 4. The maximum Gasteiger partial charge on any atom is 0.282 e. The molecule has 0 atom stereocenters. The van der Waals surface area contributed by atoms with Gasteiger partial charge in [-0.15, -0.1) is 0 Å². The molecule has 6 rings (SSSR count). The molecule has 3 heterocycles. The van der Waals surface area contributed by atoms with E-state index in [9.17, 15) is 4.79 Å². The lowest BCUT2D eigenvalue weighted by Crippen LogP contribution is -2.22. The van der Waals surface area contributed by atoms with Crippen LogP contribution < -0.4 is 15.0 Å². The number of halogens is 1. The maximum atomic E-state index is 13.4. The maximum absolute atomic E-state index is 13.4. The Kier molecular flexibility index (Phi) is 5.81. The Balaban J connectivity index is 1.41. The van der Waals surface area contributed by atoms with E-state index in [1.54, 1.807) is 12.3 Å². The predicted molar refractivity (Wildman–Crippen MR) is 144 cm³/mol. The zero-order chi connectivity index (χ0) is 24.6. The van der Waals surface area contributed by atoms with Gasteiger partial charge in [-0.25, -0.2) is 4.98 Å². The summed E-state index contributed by atoms with van der Waals surface area (Å²) in [4.78, 5) is 18.1. The molecule has 1 aliphatic rings. The molecule has 0 fully saturated rings. The van der Waals surface area contributed by atoms with Gasteiger partial charge in [-0.2, -0.15) is 9.78 Å². The van der Waals surface area contributed by atoms with Crippen LogP contribution in [0.25, 0.3) is 21.8 Å². The Bertz CT molecular complexity index is 1700. The number of para-hydroxylation sites is 1. The summed E-state index contributed by atoms with van der Waals surface area (Å²) >= 11 is 3.46. The Morgan fingerprint density at radius 2 is 1.92 bits per heavy atom. The second-order valence-corrected chi connectivity index (χ2v) is 9.63. The van der Waals surface area contributed by atoms with Crippen LogP contribution >= 0.6 is 15.9 Å². The molecule has 8 heteroatoms. The first kappa shape index (κ1) is 22.5. The summed E-state index contributed by atoms with van der Waals surface area (Å²) in [5.74, 6) is 2.19. The standard InChI is InChI=1S/C28H23BrN4O3/c1-2-5-27-31-23-10-9-20(29)13-22(23)28(34)33(27)30-14-19-16-32(24-7-4-3-6-21(19)24)15-18-8-11-25-26(12-18)36-17-35-25/h3-4,6-14,16H,2,5,15,17H2,1H3. The van der Waals surface area contributed by atoms with E-state index in [2.05, 4.69) is 50.9 Å². The first-order chi connectivity index (χ1) is 17.6. The molecule has 0 unspecified atom stereocenters. The van der Waals surface area contributed by atoms with Crippen molar-refractivity contribution >= 4 is 44.0 Å². The smallest absolute Gasteiger partial charge is 0.282 e. The Labute approximate surface area is 215 Å². The van der Waals surface area contributed by atoms with Crippen LogP contribution in [0.1, 0.15) is 30.3 Å². The molecule has 0 N–H and O–H groups in total. The van der Waals surface area contributed by atoms with Crippen LogP contribution in [0, 0.1) is 0 Å². The summed E-state index contributed by atoms with van der Waals surface area (Å²) < 4.78 is 15.4. The number of hydrogen-bond acceptors (Lipinski definition) is 5. The molecule has 1 aliphatic heterocycles. The van der Waals surface area contributed by atoms with Gasteiger partial charge in [0.2, 0.25) is 6.79 Å². The number of ether oxygens (including phenoxy) is 2.